The van der Waals surface area contributed by atoms with Crippen molar-refractivity contribution in [3.05, 3.63) is 108 Å². The molecule has 1 heterocycles. The van der Waals surface area contributed by atoms with E-state index in [1.54, 1.807) is 0 Å². The Kier molecular flexibility index (Phi) is 4.14. The third kappa shape index (κ3) is 2.78. The van der Waals surface area contributed by atoms with Crippen LogP contribution in [-0.4, -0.2) is 4.57 Å². The largest absolute Gasteiger partial charge is 0.340 e. The Morgan fingerprint density at radius 3 is 1.94 bits per heavy atom. The summed E-state index contributed by atoms with van der Waals surface area (Å²) in [6.45, 7) is 3.18. The standard InChI is InChI=1S/C30H23N/c1-2-31-29-17-8-7-15-27(29)28-16-9-12-21(30(28)31)18-19-26-24-13-5-3-10-22(24)20-23-11-4-6-14-25(23)26/h3-20H,2H2,1H3/b19-18+. The molecule has 0 N–H and O–H groups in total. The number of hydrogen-bond donors (Lipinski definition) is 0. The summed E-state index contributed by atoms with van der Waals surface area (Å²) in [4.78, 5) is 0. The third-order valence-electron chi connectivity index (χ3n) is 6.38. The summed E-state index contributed by atoms with van der Waals surface area (Å²) in [7, 11) is 0. The van der Waals surface area contributed by atoms with E-state index < -0.39 is 0 Å². The molecule has 6 aromatic rings. The minimum atomic E-state index is 0.950. The molecule has 0 fully saturated rings. The Bertz CT molecular complexity index is 1560. The molecule has 0 spiro atoms. The van der Waals surface area contributed by atoms with Gasteiger partial charge in [-0.3, -0.25) is 0 Å². The molecule has 0 aliphatic carbocycles. The third-order valence-corrected chi connectivity index (χ3v) is 6.38. The lowest BCUT2D eigenvalue weighted by atomic mass is 9.96. The van der Waals surface area contributed by atoms with Crippen LogP contribution in [0.5, 0.6) is 0 Å². The first-order valence-corrected chi connectivity index (χ1v) is 10.9. The lowest BCUT2D eigenvalue weighted by Crippen LogP contribution is -1.94. The molecular weight excluding hydrogens is 374 g/mol. The van der Waals surface area contributed by atoms with Gasteiger partial charge < -0.3 is 4.57 Å². The monoisotopic (exact) mass is 397 g/mol. The van der Waals surface area contributed by atoms with Crippen molar-refractivity contribution in [1.29, 1.82) is 0 Å². The maximum Gasteiger partial charge on any atom is 0.0564 e. The van der Waals surface area contributed by atoms with Crippen LogP contribution < -0.4 is 0 Å². The first-order chi connectivity index (χ1) is 15.3. The predicted octanol–water partition coefficient (Wildman–Crippen LogP) is 8.29. The summed E-state index contributed by atoms with van der Waals surface area (Å²) in [5, 5.41) is 7.79. The number of rotatable bonds is 3. The SMILES string of the molecule is CCn1c2ccccc2c2cccc(/C=C/c3c4ccccc4cc4ccccc34)c21. The van der Waals surface area contributed by atoms with Gasteiger partial charge in [0.05, 0.1) is 5.52 Å². The van der Waals surface area contributed by atoms with Crippen molar-refractivity contribution in [3.8, 4) is 0 Å². The lowest BCUT2D eigenvalue weighted by Gasteiger charge is -2.09. The zero-order valence-electron chi connectivity index (χ0n) is 17.5. The number of aromatic nitrogens is 1. The molecule has 0 bridgehead atoms. The maximum atomic E-state index is 2.44. The molecule has 0 atom stereocenters. The number of hydrogen-bond acceptors (Lipinski definition) is 0. The van der Waals surface area contributed by atoms with E-state index in [1.165, 1.54) is 54.5 Å². The smallest absolute Gasteiger partial charge is 0.0564 e. The normalized spacial score (nSPS) is 12.0. The lowest BCUT2D eigenvalue weighted by molar-refractivity contribution is 0.826. The molecule has 1 nitrogen and oxygen atoms in total. The molecule has 0 aliphatic heterocycles. The first kappa shape index (κ1) is 18.0. The summed E-state index contributed by atoms with van der Waals surface area (Å²) in [5.41, 5.74) is 5.15. The van der Waals surface area contributed by atoms with E-state index in [2.05, 4.69) is 121 Å². The van der Waals surface area contributed by atoms with Crippen LogP contribution >= 0.6 is 0 Å². The molecule has 31 heavy (non-hydrogen) atoms. The van der Waals surface area contributed by atoms with Crippen LogP contribution in [0.4, 0.5) is 0 Å². The molecule has 0 unspecified atom stereocenters. The Morgan fingerprint density at radius 2 is 1.23 bits per heavy atom. The van der Waals surface area contributed by atoms with Crippen molar-refractivity contribution in [2.45, 2.75) is 13.5 Å². The quantitative estimate of drug-likeness (QED) is 0.209. The molecule has 0 amide bonds. The van der Waals surface area contributed by atoms with Crippen LogP contribution in [0.3, 0.4) is 0 Å². The van der Waals surface area contributed by atoms with E-state index in [0.717, 1.165) is 6.54 Å². The molecule has 0 saturated heterocycles. The van der Waals surface area contributed by atoms with E-state index in [0.29, 0.717) is 0 Å². The van der Waals surface area contributed by atoms with Gasteiger partial charge in [-0.2, -0.15) is 0 Å². The molecule has 1 heteroatoms. The van der Waals surface area contributed by atoms with Gasteiger partial charge in [0, 0.05) is 22.8 Å². The maximum absolute atomic E-state index is 2.44. The molecular formula is C30H23N. The number of fused-ring (bicyclic) bond motifs is 5. The van der Waals surface area contributed by atoms with Crippen LogP contribution in [0.1, 0.15) is 18.1 Å². The van der Waals surface area contributed by atoms with Crippen LogP contribution in [0.15, 0.2) is 97.1 Å². The highest BCUT2D eigenvalue weighted by molar-refractivity contribution is 6.12. The summed E-state index contributed by atoms with van der Waals surface area (Å²) in [6, 6.07) is 35.0. The van der Waals surface area contributed by atoms with Gasteiger partial charge in [-0.25, -0.2) is 0 Å². The fourth-order valence-corrected chi connectivity index (χ4v) is 5.00. The highest BCUT2D eigenvalue weighted by Gasteiger charge is 2.11. The van der Waals surface area contributed by atoms with Gasteiger partial charge in [0.25, 0.3) is 0 Å². The second-order valence-electron chi connectivity index (χ2n) is 8.07. The van der Waals surface area contributed by atoms with Gasteiger partial charge in [0.2, 0.25) is 0 Å². The Morgan fingerprint density at radius 1 is 0.613 bits per heavy atom. The van der Waals surface area contributed by atoms with Gasteiger partial charge in [-0.15, -0.1) is 0 Å². The van der Waals surface area contributed by atoms with Crippen molar-refractivity contribution in [2.24, 2.45) is 0 Å². The van der Waals surface area contributed by atoms with Crippen LogP contribution in [0, 0.1) is 0 Å². The van der Waals surface area contributed by atoms with E-state index in [1.807, 2.05) is 0 Å². The van der Waals surface area contributed by atoms with Crippen molar-refractivity contribution < 1.29 is 0 Å². The fraction of sp³-hybridized carbons (Fsp3) is 0.0667. The molecule has 5 aromatic carbocycles. The topological polar surface area (TPSA) is 4.93 Å². The number of aryl methyl sites for hydroxylation is 1. The summed E-state index contributed by atoms with van der Waals surface area (Å²) >= 11 is 0. The summed E-state index contributed by atoms with van der Waals surface area (Å²) < 4.78 is 2.44. The Balaban J connectivity index is 1.63. The molecule has 0 saturated carbocycles. The van der Waals surface area contributed by atoms with E-state index in [9.17, 15) is 0 Å². The van der Waals surface area contributed by atoms with Gasteiger partial charge in [0.15, 0.2) is 0 Å². The van der Waals surface area contributed by atoms with Crippen molar-refractivity contribution in [3.63, 3.8) is 0 Å². The Labute approximate surface area is 181 Å². The van der Waals surface area contributed by atoms with Crippen LogP contribution in [0.2, 0.25) is 0 Å². The fourth-order valence-electron chi connectivity index (χ4n) is 5.00. The van der Waals surface area contributed by atoms with E-state index >= 15 is 0 Å². The second-order valence-corrected chi connectivity index (χ2v) is 8.07. The molecule has 6 rings (SSSR count). The van der Waals surface area contributed by atoms with Crippen molar-refractivity contribution in [2.75, 3.05) is 0 Å². The highest BCUT2D eigenvalue weighted by atomic mass is 15.0. The van der Waals surface area contributed by atoms with Crippen molar-refractivity contribution >= 4 is 55.5 Å². The van der Waals surface area contributed by atoms with Gasteiger partial charge in [-0.1, -0.05) is 97.1 Å². The zero-order chi connectivity index (χ0) is 20.8. The number of nitrogens with zero attached hydrogens (tertiary/aromatic N) is 1. The van der Waals surface area contributed by atoms with E-state index in [-0.39, 0.29) is 0 Å². The molecule has 0 aliphatic rings. The highest BCUT2D eigenvalue weighted by Crippen LogP contribution is 2.34. The average molecular weight is 398 g/mol. The predicted molar refractivity (Wildman–Crippen MR) is 135 cm³/mol. The number of benzene rings is 5. The number of para-hydroxylation sites is 2. The van der Waals surface area contributed by atoms with Gasteiger partial charge in [-0.05, 0) is 51.7 Å². The summed E-state index contributed by atoms with van der Waals surface area (Å²) in [6.07, 6.45) is 4.60. The minimum absolute atomic E-state index is 0.950. The first-order valence-electron chi connectivity index (χ1n) is 10.9. The van der Waals surface area contributed by atoms with Crippen LogP contribution in [0.25, 0.3) is 55.5 Å². The average Bonchev–Trinajstić information content (AvgIpc) is 3.16. The van der Waals surface area contributed by atoms with Crippen molar-refractivity contribution in [1.82, 2.24) is 4.57 Å². The van der Waals surface area contributed by atoms with Gasteiger partial charge >= 0.3 is 0 Å². The van der Waals surface area contributed by atoms with Crippen LogP contribution in [-0.2, 0) is 6.54 Å². The molecule has 0 radical (unpaired) electrons. The molecule has 1 aromatic heterocycles. The summed E-state index contributed by atoms with van der Waals surface area (Å²) in [5.74, 6) is 0. The zero-order valence-corrected chi connectivity index (χ0v) is 17.5. The molecule has 148 valence electrons. The van der Waals surface area contributed by atoms with Gasteiger partial charge in [0.1, 0.15) is 0 Å². The minimum Gasteiger partial charge on any atom is -0.340 e. The second kappa shape index (κ2) is 7.14. The Hall–Kier alpha value is -3.84. The van der Waals surface area contributed by atoms with E-state index in [4.69, 9.17) is 0 Å².